The van der Waals surface area contributed by atoms with Crippen LogP contribution in [-0.4, -0.2) is 22.8 Å². The lowest BCUT2D eigenvalue weighted by molar-refractivity contribution is 0.122. The van der Waals surface area contributed by atoms with E-state index in [2.05, 4.69) is 63.7 Å². The van der Waals surface area contributed by atoms with Crippen LogP contribution in [0.5, 0.6) is 5.75 Å². The highest BCUT2D eigenvalue weighted by Gasteiger charge is 2.52. The summed E-state index contributed by atoms with van der Waals surface area (Å²) in [6.07, 6.45) is 0.925. The molecule has 1 aromatic carbocycles. The molecule has 0 bridgehead atoms. The number of aromatic hydroxyl groups is 1. The molecule has 1 aliphatic carbocycles. The van der Waals surface area contributed by atoms with Gasteiger partial charge >= 0.3 is 0 Å². The highest BCUT2D eigenvalue weighted by molar-refractivity contribution is 9.26. The molecular formula is C12H12Br4O2. The number of phenolic OH excluding ortho intramolecular Hbond substituents is 1. The van der Waals surface area contributed by atoms with Gasteiger partial charge in [0.15, 0.2) is 0 Å². The van der Waals surface area contributed by atoms with Gasteiger partial charge in [-0.1, -0.05) is 75.9 Å². The predicted octanol–water partition coefficient (Wildman–Crippen LogP) is 4.60. The summed E-state index contributed by atoms with van der Waals surface area (Å²) in [6.45, 7) is 0. The fourth-order valence-electron chi connectivity index (χ4n) is 2.24. The summed E-state index contributed by atoms with van der Waals surface area (Å²) in [5.74, 6) is 0.536. The number of aliphatic hydroxyl groups is 1. The Bertz CT molecular complexity index is 412. The Morgan fingerprint density at radius 3 is 1.83 bits per heavy atom. The lowest BCUT2D eigenvalue weighted by Crippen LogP contribution is -2.49. The van der Waals surface area contributed by atoms with Gasteiger partial charge in [0.1, 0.15) is 18.3 Å². The lowest BCUT2D eigenvalue weighted by atomic mass is 9.82. The Hall–Kier alpha value is 0.900. The van der Waals surface area contributed by atoms with Crippen molar-refractivity contribution in [3.8, 4) is 5.75 Å². The number of phenols is 1. The fourth-order valence-corrected chi connectivity index (χ4v) is 6.60. The van der Waals surface area contributed by atoms with E-state index in [9.17, 15) is 10.2 Å². The summed E-state index contributed by atoms with van der Waals surface area (Å²) in [4.78, 5) is 0. The van der Waals surface area contributed by atoms with Crippen LogP contribution >= 0.6 is 63.7 Å². The van der Waals surface area contributed by atoms with E-state index >= 15 is 0 Å². The molecule has 0 aliphatic heterocycles. The maximum Gasteiger partial charge on any atom is 0.115 e. The molecule has 1 aromatic rings. The Morgan fingerprint density at radius 1 is 0.944 bits per heavy atom. The topological polar surface area (TPSA) is 40.5 Å². The second kappa shape index (κ2) is 5.35. The van der Waals surface area contributed by atoms with Crippen LogP contribution in [0.15, 0.2) is 24.3 Å². The molecule has 0 amide bonds. The molecule has 100 valence electrons. The molecule has 0 saturated heterocycles. The second-order valence-corrected chi connectivity index (χ2v) is 12.4. The molecule has 0 unspecified atom stereocenters. The van der Waals surface area contributed by atoms with E-state index in [0.29, 0.717) is 0 Å². The zero-order valence-electron chi connectivity index (χ0n) is 9.28. The molecule has 0 spiro atoms. The zero-order chi connectivity index (χ0) is 13.6. The first kappa shape index (κ1) is 15.3. The van der Waals surface area contributed by atoms with Crippen LogP contribution in [0, 0.1) is 0 Å². The van der Waals surface area contributed by atoms with E-state index in [0.717, 1.165) is 18.4 Å². The van der Waals surface area contributed by atoms with E-state index in [1.807, 2.05) is 12.1 Å². The van der Waals surface area contributed by atoms with Gasteiger partial charge in [0.25, 0.3) is 0 Å². The van der Waals surface area contributed by atoms with Gasteiger partial charge in [-0.25, -0.2) is 0 Å². The van der Waals surface area contributed by atoms with Crippen molar-refractivity contribution >= 4 is 63.7 Å². The number of benzene rings is 1. The van der Waals surface area contributed by atoms with Crippen molar-refractivity contribution in [1.29, 1.82) is 0 Å². The summed E-state index contributed by atoms with van der Waals surface area (Å²) in [6, 6.07) is 7.22. The van der Waals surface area contributed by atoms with Crippen LogP contribution in [0.3, 0.4) is 0 Å². The van der Waals surface area contributed by atoms with E-state index in [1.54, 1.807) is 12.1 Å². The normalized spacial score (nSPS) is 30.1. The number of halogens is 4. The molecule has 1 aliphatic rings. The van der Waals surface area contributed by atoms with Gasteiger partial charge in [-0.15, -0.1) is 0 Å². The van der Waals surface area contributed by atoms with Gasteiger partial charge in [0, 0.05) is 0 Å². The van der Waals surface area contributed by atoms with Crippen LogP contribution < -0.4 is 0 Å². The molecule has 0 heterocycles. The van der Waals surface area contributed by atoms with Crippen LogP contribution in [0.4, 0.5) is 0 Å². The molecule has 18 heavy (non-hydrogen) atoms. The summed E-state index contributed by atoms with van der Waals surface area (Å²) in [5, 5.41) is 19.6. The molecule has 2 rings (SSSR count). The minimum Gasteiger partial charge on any atom is -0.508 e. The third-order valence-corrected chi connectivity index (χ3v) is 6.23. The Morgan fingerprint density at radius 2 is 1.39 bits per heavy atom. The standard InChI is InChI=1S/C12H12Br4O2/c13-11(14)5-8(6-12(15,16)10(11)18)7-1-3-9(17)4-2-7/h1-4,8,10,17-18H,5-6H2. The number of alkyl halides is 4. The van der Waals surface area contributed by atoms with Crippen molar-refractivity contribution in [2.75, 3.05) is 0 Å². The molecular weight excluding hydrogens is 496 g/mol. The maximum atomic E-state index is 10.2. The molecule has 0 radical (unpaired) electrons. The van der Waals surface area contributed by atoms with Crippen molar-refractivity contribution in [2.45, 2.75) is 31.3 Å². The minimum atomic E-state index is -0.599. The van der Waals surface area contributed by atoms with Gasteiger partial charge in [-0.2, -0.15) is 0 Å². The van der Waals surface area contributed by atoms with Gasteiger partial charge in [0.05, 0.1) is 0 Å². The maximum absolute atomic E-state index is 10.2. The van der Waals surface area contributed by atoms with Gasteiger partial charge in [-0.05, 0) is 36.5 Å². The summed E-state index contributed by atoms with van der Waals surface area (Å²) >= 11 is 14.2. The Balaban J connectivity index is 2.28. The minimum absolute atomic E-state index is 0.266. The number of rotatable bonds is 1. The van der Waals surface area contributed by atoms with Crippen LogP contribution in [-0.2, 0) is 0 Å². The first-order valence-corrected chi connectivity index (χ1v) is 8.62. The van der Waals surface area contributed by atoms with Gasteiger partial charge in [0.2, 0.25) is 0 Å². The summed E-state index contributed by atoms with van der Waals surface area (Å²) in [5.41, 5.74) is 1.14. The Kier molecular flexibility index (Phi) is 4.55. The van der Waals surface area contributed by atoms with E-state index < -0.39 is 12.6 Å². The van der Waals surface area contributed by atoms with Gasteiger partial charge < -0.3 is 10.2 Å². The van der Waals surface area contributed by atoms with Crippen molar-refractivity contribution in [2.24, 2.45) is 0 Å². The molecule has 2 nitrogen and oxygen atoms in total. The average Bonchev–Trinajstić information content (AvgIpc) is 2.26. The lowest BCUT2D eigenvalue weighted by Gasteiger charge is -2.44. The smallest absolute Gasteiger partial charge is 0.115 e. The fraction of sp³-hybridized carbons (Fsp3) is 0.500. The molecule has 2 N–H and O–H groups in total. The SMILES string of the molecule is Oc1ccc(C2CC(Br)(Br)C(O)C(Br)(Br)C2)cc1. The first-order chi connectivity index (χ1) is 8.22. The van der Waals surface area contributed by atoms with E-state index in [4.69, 9.17) is 0 Å². The largest absolute Gasteiger partial charge is 0.508 e. The number of hydrogen-bond donors (Lipinski definition) is 2. The first-order valence-electron chi connectivity index (χ1n) is 5.45. The van der Waals surface area contributed by atoms with Crippen molar-refractivity contribution in [3.63, 3.8) is 0 Å². The number of aliphatic hydroxyl groups excluding tert-OH is 1. The molecule has 6 heteroatoms. The van der Waals surface area contributed by atoms with Crippen molar-refractivity contribution < 1.29 is 10.2 Å². The van der Waals surface area contributed by atoms with Crippen LogP contribution in [0.25, 0.3) is 0 Å². The average molecular weight is 508 g/mol. The van der Waals surface area contributed by atoms with E-state index in [-0.39, 0.29) is 11.7 Å². The molecule has 0 atom stereocenters. The molecule has 1 saturated carbocycles. The second-order valence-electron chi connectivity index (χ2n) is 4.62. The van der Waals surface area contributed by atoms with Crippen molar-refractivity contribution in [3.05, 3.63) is 29.8 Å². The monoisotopic (exact) mass is 504 g/mol. The predicted molar refractivity (Wildman–Crippen MR) is 87.3 cm³/mol. The Labute approximate surface area is 140 Å². The third-order valence-electron chi connectivity index (χ3n) is 3.20. The van der Waals surface area contributed by atoms with Crippen LogP contribution in [0.2, 0.25) is 0 Å². The van der Waals surface area contributed by atoms with E-state index in [1.165, 1.54) is 0 Å². The highest BCUT2D eigenvalue weighted by Crippen LogP contribution is 2.56. The summed E-state index contributed by atoms with van der Waals surface area (Å²) in [7, 11) is 0. The highest BCUT2D eigenvalue weighted by atomic mass is 79.9. The molecule has 1 fully saturated rings. The molecule has 0 aromatic heterocycles. The van der Waals surface area contributed by atoms with Crippen molar-refractivity contribution in [1.82, 2.24) is 0 Å². The number of hydrogen-bond acceptors (Lipinski definition) is 2. The van der Waals surface area contributed by atoms with Crippen LogP contribution in [0.1, 0.15) is 24.3 Å². The summed E-state index contributed by atoms with van der Waals surface area (Å²) < 4.78 is -1.07. The third kappa shape index (κ3) is 3.14. The zero-order valence-corrected chi connectivity index (χ0v) is 15.6. The van der Waals surface area contributed by atoms with Gasteiger partial charge in [-0.3, -0.25) is 0 Å². The quantitative estimate of drug-likeness (QED) is 0.546.